The van der Waals surface area contributed by atoms with Crippen molar-refractivity contribution in [2.45, 2.75) is 94.4 Å². The molecule has 50 heavy (non-hydrogen) atoms. The Kier molecular flexibility index (Phi) is 10.6. The lowest BCUT2D eigenvalue weighted by atomic mass is 9.75. The van der Waals surface area contributed by atoms with Gasteiger partial charge in [0.15, 0.2) is 11.7 Å². The number of allylic oxidation sites excluding steroid dienone is 2. The zero-order chi connectivity index (χ0) is 34.6. The molecule has 2 aromatic heterocycles. The Hall–Kier alpha value is -3.66. The Balaban J connectivity index is 1.06. The van der Waals surface area contributed by atoms with E-state index in [-0.39, 0.29) is 18.0 Å². The van der Waals surface area contributed by atoms with Crippen LogP contribution in [-0.2, 0) is 11.5 Å². The molecule has 3 fully saturated rings. The van der Waals surface area contributed by atoms with Crippen LogP contribution in [-0.4, -0.2) is 78.0 Å². The molecule has 3 aromatic rings. The highest BCUT2D eigenvalue weighted by atomic mass is 35.5. The molecule has 1 amide bonds. The van der Waals surface area contributed by atoms with Crippen LogP contribution in [0, 0.1) is 17.8 Å². The number of nitrogens with zero attached hydrogens (tertiary/aromatic N) is 6. The average Bonchev–Trinajstić information content (AvgIpc) is 3.68. The molecule has 0 radical (unpaired) electrons. The van der Waals surface area contributed by atoms with Crippen molar-refractivity contribution < 1.29 is 14.1 Å². The van der Waals surface area contributed by atoms with E-state index in [4.69, 9.17) is 22.3 Å². The molecule has 9 nitrogen and oxygen atoms in total. The number of rotatable bonds is 10. The number of hydrogen-bond donors (Lipinski definition) is 1. The Morgan fingerprint density at radius 2 is 1.80 bits per heavy atom. The number of amides is 1. The minimum Gasteiger partial charge on any atom is -0.333 e. The number of likely N-dealkylation sites (tertiary alicyclic amines) is 2. The Morgan fingerprint density at radius 1 is 1.02 bits per heavy atom. The number of benzene rings is 1. The quantitative estimate of drug-likeness (QED) is 0.109. The van der Waals surface area contributed by atoms with Crippen LogP contribution in [0.25, 0.3) is 11.3 Å². The first-order valence-corrected chi connectivity index (χ1v) is 19.0. The molecule has 2 saturated heterocycles. The van der Waals surface area contributed by atoms with Gasteiger partial charge < -0.3 is 15.4 Å². The molecule has 4 aliphatic rings. The normalized spacial score (nSPS) is 29.7. The summed E-state index contributed by atoms with van der Waals surface area (Å²) in [6.45, 7) is 3.19. The minimum atomic E-state index is -0.617. The van der Waals surface area contributed by atoms with Crippen molar-refractivity contribution in [2.75, 3.05) is 19.6 Å². The Bertz CT molecular complexity index is 1660. The monoisotopic (exact) mass is 696 g/mol. The molecule has 3 unspecified atom stereocenters. The third-order valence-electron chi connectivity index (χ3n) is 12.2. The standard InChI is InChI=1S/C40H51ClN7O2/c41-40(48(29-46-28-43-27-44-46)22-17-32(18-23-48)31-8-3-1-4-9-31)19-14-30(15-20-40)24-34(26-49)38-25-35(42)16-21-47(38)39(50)37-13-7-12-36(45-37)33-10-5-2-6-11-33/h2,5-7,10-15,19,26-28,31-32,34-35,38H,1,3-4,8-9,16-18,20-25,29,42H2/q+1/t32?,34-,35?,38?,40?,48?/m0/s1. The molecule has 264 valence electrons. The first kappa shape index (κ1) is 34.8. The fraction of sp³-hybridized carbons (Fsp3) is 0.525. The third kappa shape index (κ3) is 7.37. The van der Waals surface area contributed by atoms with Crippen molar-refractivity contribution in [2.24, 2.45) is 23.5 Å². The summed E-state index contributed by atoms with van der Waals surface area (Å²) in [5.74, 6) is 1.06. The van der Waals surface area contributed by atoms with Crippen molar-refractivity contribution in [3.63, 3.8) is 0 Å². The molecule has 4 atom stereocenters. The first-order valence-electron chi connectivity index (χ1n) is 18.7. The number of halogens is 1. The van der Waals surface area contributed by atoms with Gasteiger partial charge in [0.1, 0.15) is 24.6 Å². The van der Waals surface area contributed by atoms with Crippen LogP contribution < -0.4 is 5.73 Å². The number of quaternary nitrogens is 1. The number of carbonyl (C=O) groups is 2. The number of alkyl halides is 1. The second-order valence-electron chi connectivity index (χ2n) is 15.2. The highest BCUT2D eigenvalue weighted by Gasteiger charge is 2.51. The van der Waals surface area contributed by atoms with Crippen molar-refractivity contribution in [1.29, 1.82) is 0 Å². The summed E-state index contributed by atoms with van der Waals surface area (Å²) in [7, 11) is 0. The van der Waals surface area contributed by atoms with Gasteiger partial charge in [-0.05, 0) is 73.7 Å². The second kappa shape index (κ2) is 15.3. The lowest BCUT2D eigenvalue weighted by Gasteiger charge is -2.53. The fourth-order valence-electron chi connectivity index (χ4n) is 9.22. The molecular formula is C40H51ClN7O2+. The van der Waals surface area contributed by atoms with Crippen LogP contribution in [0.5, 0.6) is 0 Å². The number of nitrogens with two attached hydrogens (primary N) is 1. The van der Waals surface area contributed by atoms with Gasteiger partial charge in [-0.1, -0.05) is 86.2 Å². The molecule has 0 spiro atoms. The van der Waals surface area contributed by atoms with Crippen molar-refractivity contribution in [1.82, 2.24) is 24.6 Å². The van der Waals surface area contributed by atoms with Crippen molar-refractivity contribution in [3.8, 4) is 11.3 Å². The second-order valence-corrected chi connectivity index (χ2v) is 15.8. The molecule has 4 heterocycles. The molecule has 10 heteroatoms. The number of piperidine rings is 2. The van der Waals surface area contributed by atoms with E-state index in [1.54, 1.807) is 18.7 Å². The van der Waals surface area contributed by atoms with Gasteiger partial charge in [0, 0.05) is 36.5 Å². The lowest BCUT2D eigenvalue weighted by Crippen LogP contribution is -2.64. The number of pyridine rings is 1. The smallest absolute Gasteiger partial charge is 0.272 e. The zero-order valence-corrected chi connectivity index (χ0v) is 29.8. The van der Waals surface area contributed by atoms with Gasteiger partial charge in [-0.2, -0.15) is 5.10 Å². The van der Waals surface area contributed by atoms with Crippen molar-refractivity contribution >= 4 is 23.8 Å². The largest absolute Gasteiger partial charge is 0.333 e. The Labute approximate surface area is 301 Å². The summed E-state index contributed by atoms with van der Waals surface area (Å²) < 4.78 is 2.66. The molecular weight excluding hydrogens is 646 g/mol. The van der Waals surface area contributed by atoms with E-state index >= 15 is 0 Å². The molecule has 7 rings (SSSR count). The third-order valence-corrected chi connectivity index (χ3v) is 12.8. The van der Waals surface area contributed by atoms with Crippen LogP contribution in [0.1, 0.15) is 81.1 Å². The van der Waals surface area contributed by atoms with Gasteiger partial charge in [0.25, 0.3) is 5.91 Å². The van der Waals surface area contributed by atoms with E-state index in [2.05, 4.69) is 28.3 Å². The van der Waals surface area contributed by atoms with Gasteiger partial charge in [-0.15, -0.1) is 0 Å². The van der Waals surface area contributed by atoms with E-state index in [9.17, 15) is 9.59 Å². The van der Waals surface area contributed by atoms with E-state index in [1.165, 1.54) is 44.9 Å². The van der Waals surface area contributed by atoms with E-state index in [1.807, 2.05) is 52.0 Å². The molecule has 2 aliphatic heterocycles. The number of hydrogen-bond acceptors (Lipinski definition) is 6. The van der Waals surface area contributed by atoms with Gasteiger partial charge in [-0.3, -0.25) is 9.28 Å². The molecule has 1 aromatic carbocycles. The van der Waals surface area contributed by atoms with Crippen molar-refractivity contribution in [3.05, 3.63) is 90.7 Å². The van der Waals surface area contributed by atoms with Crippen LogP contribution in [0.15, 0.2) is 85.0 Å². The van der Waals surface area contributed by atoms with Crippen LogP contribution in [0.2, 0.25) is 0 Å². The summed E-state index contributed by atoms with van der Waals surface area (Å²) in [5, 5.41) is 4.48. The number of aromatic nitrogens is 4. The Morgan fingerprint density at radius 3 is 2.50 bits per heavy atom. The SMILES string of the molecule is NC1CCN(C(=O)c2cccc(-c3ccccc3)n2)C([C@H](C=O)CC2=CCC(Cl)([N+]3(Cn4cncn4)CCC(C4CCCCC4)CC3)C=C2)C1. The van der Waals surface area contributed by atoms with Gasteiger partial charge in [0.2, 0.25) is 0 Å². The topological polar surface area (TPSA) is 107 Å². The number of aldehydes is 1. The maximum absolute atomic E-state index is 14.0. The van der Waals surface area contributed by atoms with Gasteiger partial charge in [0.05, 0.1) is 18.8 Å². The predicted molar refractivity (Wildman–Crippen MR) is 196 cm³/mol. The van der Waals surface area contributed by atoms with Gasteiger partial charge >= 0.3 is 0 Å². The highest BCUT2D eigenvalue weighted by molar-refractivity contribution is 6.24. The lowest BCUT2D eigenvalue weighted by molar-refractivity contribution is -0.981. The first-order chi connectivity index (χ1) is 24.4. The summed E-state index contributed by atoms with van der Waals surface area (Å²) in [6, 6.07) is 15.0. The fourth-order valence-corrected chi connectivity index (χ4v) is 9.59. The van der Waals surface area contributed by atoms with Crippen LogP contribution in [0.3, 0.4) is 0 Å². The molecule has 1 saturated carbocycles. The predicted octanol–water partition coefficient (Wildman–Crippen LogP) is 6.76. The molecule has 2 N–H and O–H groups in total. The van der Waals surface area contributed by atoms with E-state index in [0.29, 0.717) is 44.6 Å². The number of carbonyl (C=O) groups excluding carboxylic acids is 2. The van der Waals surface area contributed by atoms with Gasteiger partial charge in [-0.25, -0.2) is 14.6 Å². The average molecular weight is 697 g/mol. The zero-order valence-electron chi connectivity index (χ0n) is 29.0. The summed E-state index contributed by atoms with van der Waals surface area (Å²) in [6.07, 6.45) is 22.6. The molecule has 2 aliphatic carbocycles. The van der Waals surface area contributed by atoms with Crippen LogP contribution in [0.4, 0.5) is 0 Å². The van der Waals surface area contributed by atoms with E-state index in [0.717, 1.165) is 52.5 Å². The highest BCUT2D eigenvalue weighted by Crippen LogP contribution is 2.46. The minimum absolute atomic E-state index is 0.0702. The summed E-state index contributed by atoms with van der Waals surface area (Å²) in [4.78, 5) is 37.0. The van der Waals surface area contributed by atoms with Crippen LogP contribution >= 0.6 is 11.6 Å². The maximum Gasteiger partial charge on any atom is 0.272 e. The van der Waals surface area contributed by atoms with E-state index < -0.39 is 10.9 Å². The molecule has 0 bridgehead atoms. The summed E-state index contributed by atoms with van der Waals surface area (Å²) >= 11 is 7.69. The maximum atomic E-state index is 14.0. The summed E-state index contributed by atoms with van der Waals surface area (Å²) in [5.41, 5.74) is 9.63.